The average molecular weight is 274 g/mol. The topological polar surface area (TPSA) is 41.6 Å². The number of likely N-dealkylation sites (tertiary alicyclic amines) is 1. The second kappa shape index (κ2) is 5.73. The molecular weight excluding hydrogens is 252 g/mol. The van der Waals surface area contributed by atoms with Gasteiger partial charge in [-0.2, -0.15) is 0 Å². The second-order valence-corrected chi connectivity index (χ2v) is 5.84. The Kier molecular flexibility index (Phi) is 3.81. The Labute approximate surface area is 120 Å². The molecule has 4 heteroatoms. The number of nitrogens with zero attached hydrogens (tertiary/aromatic N) is 1. The maximum atomic E-state index is 12.6. The number of anilines is 1. The lowest BCUT2D eigenvalue weighted by molar-refractivity contribution is -0.138. The molecule has 2 unspecified atom stereocenters. The molecule has 0 radical (unpaired) electrons. The lowest BCUT2D eigenvalue weighted by Crippen LogP contribution is -2.47. The van der Waals surface area contributed by atoms with Gasteiger partial charge in [0.2, 0.25) is 0 Å². The Morgan fingerprint density at radius 2 is 2.15 bits per heavy atom. The van der Waals surface area contributed by atoms with E-state index in [0.717, 1.165) is 43.3 Å². The molecular formula is C16H22N2O2. The van der Waals surface area contributed by atoms with Gasteiger partial charge >= 0.3 is 0 Å². The van der Waals surface area contributed by atoms with Crippen molar-refractivity contribution in [3.63, 3.8) is 0 Å². The molecule has 4 nitrogen and oxygen atoms in total. The number of carbonyl (C=O) groups excluding carboxylic acids is 1. The van der Waals surface area contributed by atoms with Crippen molar-refractivity contribution < 1.29 is 9.53 Å². The van der Waals surface area contributed by atoms with Gasteiger partial charge in [-0.05, 0) is 37.3 Å². The van der Waals surface area contributed by atoms with Crippen LogP contribution in [0.1, 0.15) is 26.2 Å². The first-order valence-electron chi connectivity index (χ1n) is 7.52. The minimum atomic E-state index is -0.390. The highest BCUT2D eigenvalue weighted by molar-refractivity contribution is 5.83. The molecule has 2 aliphatic heterocycles. The van der Waals surface area contributed by atoms with Crippen molar-refractivity contribution in [3.05, 3.63) is 24.3 Å². The number of ether oxygens (including phenoxy) is 1. The molecule has 0 spiro atoms. The number of amides is 1. The zero-order chi connectivity index (χ0) is 13.9. The van der Waals surface area contributed by atoms with E-state index in [1.165, 1.54) is 6.42 Å². The van der Waals surface area contributed by atoms with Crippen molar-refractivity contribution in [3.8, 4) is 5.75 Å². The number of fused-ring (bicyclic) bond motifs is 1. The number of benzene rings is 1. The maximum absolute atomic E-state index is 12.6. The van der Waals surface area contributed by atoms with Crippen molar-refractivity contribution in [1.29, 1.82) is 0 Å². The molecule has 1 aromatic rings. The molecule has 20 heavy (non-hydrogen) atoms. The van der Waals surface area contributed by atoms with Gasteiger partial charge in [-0.3, -0.25) is 4.79 Å². The molecule has 0 saturated carbocycles. The van der Waals surface area contributed by atoms with Crippen molar-refractivity contribution >= 4 is 11.6 Å². The van der Waals surface area contributed by atoms with Crippen molar-refractivity contribution in [2.24, 2.45) is 5.92 Å². The Morgan fingerprint density at radius 1 is 1.30 bits per heavy atom. The number of carbonyl (C=O) groups is 1. The van der Waals surface area contributed by atoms with E-state index >= 15 is 0 Å². The fourth-order valence-corrected chi connectivity index (χ4v) is 2.94. The first-order valence-corrected chi connectivity index (χ1v) is 7.52. The maximum Gasteiger partial charge on any atom is 0.265 e. The van der Waals surface area contributed by atoms with E-state index in [1.807, 2.05) is 29.2 Å². The van der Waals surface area contributed by atoms with Gasteiger partial charge in [-0.1, -0.05) is 19.1 Å². The Bertz CT molecular complexity index is 489. The highest BCUT2D eigenvalue weighted by Gasteiger charge is 2.30. The number of para-hydroxylation sites is 2. The van der Waals surface area contributed by atoms with Gasteiger partial charge in [0, 0.05) is 13.1 Å². The largest absolute Gasteiger partial charge is 0.477 e. The number of hydrogen-bond donors (Lipinski definition) is 1. The minimum absolute atomic E-state index is 0.126. The summed E-state index contributed by atoms with van der Waals surface area (Å²) in [4.78, 5) is 14.6. The quantitative estimate of drug-likeness (QED) is 0.855. The fraction of sp³-hybridized carbons (Fsp3) is 0.562. The highest BCUT2D eigenvalue weighted by atomic mass is 16.5. The summed E-state index contributed by atoms with van der Waals surface area (Å²) in [6, 6.07) is 7.78. The molecule has 2 aliphatic rings. The summed E-state index contributed by atoms with van der Waals surface area (Å²) in [6.45, 7) is 4.55. The monoisotopic (exact) mass is 274 g/mol. The van der Waals surface area contributed by atoms with Gasteiger partial charge in [-0.25, -0.2) is 0 Å². The minimum Gasteiger partial charge on any atom is -0.477 e. The van der Waals surface area contributed by atoms with Gasteiger partial charge in [0.1, 0.15) is 5.75 Å². The van der Waals surface area contributed by atoms with Crippen LogP contribution in [0.15, 0.2) is 24.3 Å². The first kappa shape index (κ1) is 13.3. The molecule has 0 aromatic heterocycles. The first-order chi connectivity index (χ1) is 9.74. The van der Waals surface area contributed by atoms with Crippen LogP contribution in [0.4, 0.5) is 5.69 Å². The molecule has 3 rings (SSSR count). The van der Waals surface area contributed by atoms with Crippen LogP contribution in [0.3, 0.4) is 0 Å². The van der Waals surface area contributed by atoms with Crippen molar-refractivity contribution in [2.75, 3.05) is 25.0 Å². The van der Waals surface area contributed by atoms with Crippen LogP contribution in [-0.2, 0) is 4.79 Å². The molecule has 0 bridgehead atoms. The van der Waals surface area contributed by atoms with E-state index in [-0.39, 0.29) is 5.91 Å². The lowest BCUT2D eigenvalue weighted by atomic mass is 10.0. The third-order valence-corrected chi connectivity index (χ3v) is 4.24. The number of hydrogen-bond acceptors (Lipinski definition) is 3. The van der Waals surface area contributed by atoms with Crippen molar-refractivity contribution in [2.45, 2.75) is 32.3 Å². The third-order valence-electron chi connectivity index (χ3n) is 4.24. The molecule has 1 N–H and O–H groups in total. The van der Waals surface area contributed by atoms with E-state index < -0.39 is 6.10 Å². The van der Waals surface area contributed by atoms with Crippen LogP contribution in [0.5, 0.6) is 5.75 Å². The van der Waals surface area contributed by atoms with Crippen LogP contribution in [0.2, 0.25) is 0 Å². The van der Waals surface area contributed by atoms with Gasteiger partial charge in [0.25, 0.3) is 5.91 Å². The number of nitrogens with one attached hydrogen (secondary N) is 1. The van der Waals surface area contributed by atoms with Crippen molar-refractivity contribution in [1.82, 2.24) is 4.90 Å². The fourth-order valence-electron chi connectivity index (χ4n) is 2.94. The van der Waals surface area contributed by atoms with Gasteiger partial charge < -0.3 is 15.0 Å². The molecule has 1 saturated heterocycles. The molecule has 2 atom stereocenters. The van der Waals surface area contributed by atoms with E-state index in [0.29, 0.717) is 6.54 Å². The van der Waals surface area contributed by atoms with E-state index in [9.17, 15) is 4.79 Å². The summed E-state index contributed by atoms with van der Waals surface area (Å²) in [5, 5.41) is 3.28. The SMILES string of the molecule is CC1CCCN(C(=O)C2CNc3ccccc3O2)CC1. The van der Waals surface area contributed by atoms with Crippen LogP contribution < -0.4 is 10.1 Å². The zero-order valence-corrected chi connectivity index (χ0v) is 12.0. The summed E-state index contributed by atoms with van der Waals surface area (Å²) in [5.74, 6) is 1.63. The van der Waals surface area contributed by atoms with E-state index in [4.69, 9.17) is 4.74 Å². The molecule has 0 aliphatic carbocycles. The summed E-state index contributed by atoms with van der Waals surface area (Å²) in [5.41, 5.74) is 0.973. The lowest BCUT2D eigenvalue weighted by Gasteiger charge is -2.30. The average Bonchev–Trinajstić information content (AvgIpc) is 2.71. The summed E-state index contributed by atoms with van der Waals surface area (Å²) >= 11 is 0. The number of rotatable bonds is 1. The molecule has 1 amide bonds. The van der Waals surface area contributed by atoms with E-state index in [1.54, 1.807) is 0 Å². The Hall–Kier alpha value is -1.71. The van der Waals surface area contributed by atoms with Gasteiger partial charge in [0.15, 0.2) is 6.10 Å². The smallest absolute Gasteiger partial charge is 0.265 e. The summed E-state index contributed by atoms with van der Waals surface area (Å²) in [6.07, 6.45) is 3.03. The van der Waals surface area contributed by atoms with Crippen LogP contribution in [0, 0.1) is 5.92 Å². The second-order valence-electron chi connectivity index (χ2n) is 5.84. The predicted octanol–water partition coefficient (Wildman–Crippen LogP) is 2.51. The van der Waals surface area contributed by atoms with Crippen LogP contribution in [0.25, 0.3) is 0 Å². The molecule has 1 fully saturated rings. The van der Waals surface area contributed by atoms with E-state index in [2.05, 4.69) is 12.2 Å². The van der Waals surface area contributed by atoms with Crippen LogP contribution in [-0.4, -0.2) is 36.5 Å². The van der Waals surface area contributed by atoms with Gasteiger partial charge in [0.05, 0.1) is 12.2 Å². The standard InChI is InChI=1S/C16H22N2O2/c1-12-5-4-9-18(10-8-12)16(19)15-11-17-13-6-2-3-7-14(13)20-15/h2-3,6-7,12,15,17H,4-5,8-11H2,1H3. The Balaban J connectivity index is 1.66. The predicted molar refractivity (Wildman–Crippen MR) is 78.9 cm³/mol. The van der Waals surface area contributed by atoms with Gasteiger partial charge in [-0.15, -0.1) is 0 Å². The third kappa shape index (κ3) is 2.74. The van der Waals surface area contributed by atoms with Crippen LogP contribution >= 0.6 is 0 Å². The molecule has 108 valence electrons. The zero-order valence-electron chi connectivity index (χ0n) is 12.0. The Morgan fingerprint density at radius 3 is 3.05 bits per heavy atom. The molecule has 2 heterocycles. The summed E-state index contributed by atoms with van der Waals surface area (Å²) < 4.78 is 5.86. The highest BCUT2D eigenvalue weighted by Crippen LogP contribution is 2.29. The summed E-state index contributed by atoms with van der Waals surface area (Å²) in [7, 11) is 0. The molecule has 1 aromatic carbocycles. The normalized spacial score (nSPS) is 25.9.